The zero-order valence-electron chi connectivity index (χ0n) is 15.2. The second kappa shape index (κ2) is 9.49. The molecule has 6 nitrogen and oxygen atoms in total. The van der Waals surface area contributed by atoms with Gasteiger partial charge in [0.15, 0.2) is 0 Å². The first-order chi connectivity index (χ1) is 12.9. The van der Waals surface area contributed by atoms with Gasteiger partial charge in [0.05, 0.1) is 5.69 Å². The highest BCUT2D eigenvalue weighted by molar-refractivity contribution is 9.10. The molecule has 0 spiro atoms. The molecule has 2 aromatic rings. The molecule has 1 atom stereocenters. The van der Waals surface area contributed by atoms with Crippen LogP contribution < -0.4 is 15.4 Å². The zero-order chi connectivity index (χ0) is 19.3. The molecule has 0 radical (unpaired) electrons. The van der Waals surface area contributed by atoms with Gasteiger partial charge in [-0.25, -0.2) is 8.42 Å². The van der Waals surface area contributed by atoms with Crippen LogP contribution in [0.5, 0.6) is 0 Å². The van der Waals surface area contributed by atoms with Gasteiger partial charge in [-0.1, -0.05) is 28.1 Å². The van der Waals surface area contributed by atoms with Gasteiger partial charge in [0.25, 0.3) is 10.0 Å². The summed E-state index contributed by atoms with van der Waals surface area (Å²) >= 11 is 4.64. The number of halogens is 1. The molecule has 1 aromatic heterocycles. The van der Waals surface area contributed by atoms with Gasteiger partial charge in [-0.05, 0) is 36.1 Å². The molecule has 3 N–H and O–H groups in total. The van der Waals surface area contributed by atoms with E-state index in [1.54, 1.807) is 17.5 Å². The molecule has 27 heavy (non-hydrogen) atoms. The number of nitrogens with zero attached hydrogens (tertiary/aromatic N) is 1. The van der Waals surface area contributed by atoms with Crippen LogP contribution in [0, 0.1) is 0 Å². The van der Waals surface area contributed by atoms with Crippen molar-refractivity contribution in [1.29, 1.82) is 0 Å². The Morgan fingerprint density at radius 1 is 1.30 bits per heavy atom. The Labute approximate surface area is 173 Å². The van der Waals surface area contributed by atoms with Crippen LogP contribution in [0.1, 0.15) is 12.5 Å². The molecule has 1 fully saturated rings. The summed E-state index contributed by atoms with van der Waals surface area (Å²) in [5, 5.41) is 8.64. The second-order valence-corrected chi connectivity index (χ2v) is 10.4. The molecule has 148 valence electrons. The fourth-order valence-electron chi connectivity index (χ4n) is 3.04. The summed E-state index contributed by atoms with van der Waals surface area (Å²) < 4.78 is 29.0. The predicted octanol–water partition coefficient (Wildman–Crippen LogP) is 2.69. The molecular weight excluding hydrogens is 448 g/mol. The fourth-order valence-corrected chi connectivity index (χ4v) is 5.48. The summed E-state index contributed by atoms with van der Waals surface area (Å²) in [6.07, 6.45) is 0. The van der Waals surface area contributed by atoms with Crippen molar-refractivity contribution < 1.29 is 8.42 Å². The van der Waals surface area contributed by atoms with Gasteiger partial charge in [-0.3, -0.25) is 9.62 Å². The fraction of sp³-hybridized carbons (Fsp3) is 0.444. The first kappa shape index (κ1) is 20.8. The number of hydrogen-bond donors (Lipinski definition) is 3. The summed E-state index contributed by atoms with van der Waals surface area (Å²) in [6, 6.07) is 9.34. The van der Waals surface area contributed by atoms with E-state index in [4.69, 9.17) is 0 Å². The Morgan fingerprint density at radius 2 is 2.07 bits per heavy atom. The van der Waals surface area contributed by atoms with E-state index in [1.165, 1.54) is 11.3 Å². The van der Waals surface area contributed by atoms with Gasteiger partial charge in [-0.2, -0.15) is 0 Å². The van der Waals surface area contributed by atoms with E-state index in [1.807, 2.05) is 18.2 Å². The van der Waals surface area contributed by atoms with Gasteiger partial charge in [0, 0.05) is 49.8 Å². The van der Waals surface area contributed by atoms with Gasteiger partial charge >= 0.3 is 0 Å². The van der Waals surface area contributed by atoms with Gasteiger partial charge in [0.2, 0.25) is 0 Å². The van der Waals surface area contributed by atoms with Crippen LogP contribution in [0.25, 0.3) is 0 Å². The van der Waals surface area contributed by atoms with Crippen molar-refractivity contribution in [3.63, 3.8) is 0 Å². The third kappa shape index (κ3) is 6.00. The zero-order valence-corrected chi connectivity index (χ0v) is 18.5. The summed E-state index contributed by atoms with van der Waals surface area (Å²) in [7, 11) is -3.57. The van der Waals surface area contributed by atoms with E-state index >= 15 is 0 Å². The van der Waals surface area contributed by atoms with Crippen LogP contribution >= 0.6 is 27.3 Å². The Hall–Kier alpha value is -0.970. The van der Waals surface area contributed by atoms with Gasteiger partial charge < -0.3 is 10.6 Å². The van der Waals surface area contributed by atoms with Crippen molar-refractivity contribution in [2.24, 2.45) is 0 Å². The summed E-state index contributed by atoms with van der Waals surface area (Å²) in [4.78, 5) is 2.44. The molecule has 0 saturated carbocycles. The Morgan fingerprint density at radius 3 is 2.78 bits per heavy atom. The Kier molecular flexibility index (Phi) is 7.29. The Balaban J connectivity index is 1.65. The molecule has 0 bridgehead atoms. The third-order valence-corrected chi connectivity index (χ3v) is 7.72. The molecule has 0 amide bonds. The molecule has 1 saturated heterocycles. The van der Waals surface area contributed by atoms with E-state index in [0.717, 1.165) is 42.8 Å². The summed E-state index contributed by atoms with van der Waals surface area (Å²) in [6.45, 7) is 7.95. The van der Waals surface area contributed by atoms with Crippen molar-refractivity contribution in [2.45, 2.75) is 23.7 Å². The number of nitrogens with one attached hydrogen (secondary N) is 3. The molecule has 1 aromatic carbocycles. The van der Waals surface area contributed by atoms with E-state index in [9.17, 15) is 8.42 Å². The molecule has 2 heterocycles. The van der Waals surface area contributed by atoms with Crippen molar-refractivity contribution in [3.8, 4) is 0 Å². The minimum Gasteiger partial charge on any atom is -0.314 e. The van der Waals surface area contributed by atoms with Crippen LogP contribution in [-0.4, -0.2) is 52.1 Å². The minimum absolute atomic E-state index is 0.313. The van der Waals surface area contributed by atoms with Crippen molar-refractivity contribution in [3.05, 3.63) is 45.7 Å². The lowest BCUT2D eigenvalue weighted by molar-refractivity contribution is 0.219. The molecular formula is C18H25BrN4O2S2. The lowest BCUT2D eigenvalue weighted by atomic mass is 10.1. The average molecular weight is 473 g/mol. The number of sulfonamides is 1. The minimum atomic E-state index is -3.57. The molecule has 1 aliphatic rings. The molecule has 0 aliphatic carbocycles. The largest absolute Gasteiger partial charge is 0.314 e. The highest BCUT2D eigenvalue weighted by Gasteiger charge is 2.18. The molecule has 1 unspecified atom stereocenters. The SMILES string of the molecule is CC(CN1CCNCC1)NCc1ccc(Br)cc1NS(=O)(=O)c1cccs1. The maximum atomic E-state index is 12.6. The first-order valence-electron chi connectivity index (χ1n) is 8.95. The van der Waals surface area contributed by atoms with Crippen molar-refractivity contribution in [2.75, 3.05) is 37.4 Å². The average Bonchev–Trinajstić information content (AvgIpc) is 3.17. The summed E-state index contributed by atoms with van der Waals surface area (Å²) in [5.41, 5.74) is 1.52. The smallest absolute Gasteiger partial charge is 0.271 e. The van der Waals surface area contributed by atoms with Crippen LogP contribution in [0.2, 0.25) is 0 Å². The number of thiophene rings is 1. The van der Waals surface area contributed by atoms with Gasteiger partial charge in [-0.15, -0.1) is 11.3 Å². The van der Waals surface area contributed by atoms with Crippen molar-refractivity contribution in [1.82, 2.24) is 15.5 Å². The maximum absolute atomic E-state index is 12.6. The monoisotopic (exact) mass is 472 g/mol. The number of anilines is 1. The molecule has 9 heteroatoms. The molecule has 1 aliphatic heterocycles. The van der Waals surface area contributed by atoms with Crippen LogP contribution in [0.15, 0.2) is 44.4 Å². The topological polar surface area (TPSA) is 73.5 Å². The second-order valence-electron chi connectivity index (χ2n) is 6.67. The quantitative estimate of drug-likeness (QED) is 0.550. The normalized spacial score (nSPS) is 17.0. The highest BCUT2D eigenvalue weighted by Crippen LogP contribution is 2.26. The van der Waals surface area contributed by atoms with E-state index in [0.29, 0.717) is 22.5 Å². The lowest BCUT2D eigenvalue weighted by Gasteiger charge is -2.30. The maximum Gasteiger partial charge on any atom is 0.271 e. The molecule has 3 rings (SSSR count). The lowest BCUT2D eigenvalue weighted by Crippen LogP contribution is -2.48. The van der Waals surface area contributed by atoms with Gasteiger partial charge in [0.1, 0.15) is 4.21 Å². The third-order valence-electron chi connectivity index (χ3n) is 4.46. The summed E-state index contributed by atoms with van der Waals surface area (Å²) in [5.74, 6) is 0. The van der Waals surface area contributed by atoms with Crippen LogP contribution in [0.3, 0.4) is 0 Å². The Bertz CT molecular complexity index is 837. The van der Waals surface area contributed by atoms with Crippen LogP contribution in [-0.2, 0) is 16.6 Å². The predicted molar refractivity (Wildman–Crippen MR) is 115 cm³/mol. The number of benzene rings is 1. The highest BCUT2D eigenvalue weighted by atomic mass is 79.9. The van der Waals surface area contributed by atoms with Crippen LogP contribution in [0.4, 0.5) is 5.69 Å². The standard InChI is InChI=1S/C18H25BrN4O2S2/c1-14(13-23-8-6-20-7-9-23)21-12-15-4-5-16(19)11-17(15)22-27(24,25)18-3-2-10-26-18/h2-5,10-11,14,20-22H,6-9,12-13H2,1H3. The first-order valence-corrected chi connectivity index (χ1v) is 12.1. The number of rotatable bonds is 8. The number of piperazine rings is 1. The van der Waals surface area contributed by atoms with E-state index in [-0.39, 0.29) is 0 Å². The van der Waals surface area contributed by atoms with Crippen molar-refractivity contribution >= 4 is 43.0 Å². The van der Waals surface area contributed by atoms with E-state index < -0.39 is 10.0 Å². The van der Waals surface area contributed by atoms with E-state index in [2.05, 4.69) is 43.1 Å². The number of hydrogen-bond acceptors (Lipinski definition) is 6.